The highest BCUT2D eigenvalue weighted by Gasteiger charge is 2.25. The first-order valence-electron chi connectivity index (χ1n) is 12.1. The van der Waals surface area contributed by atoms with Gasteiger partial charge in [0.25, 0.3) is 5.91 Å². The number of carbonyl (C=O) groups is 1. The Kier molecular flexibility index (Phi) is 6.91. The zero-order valence-corrected chi connectivity index (χ0v) is 21.9. The number of hydrogen-bond donors (Lipinski definition) is 1. The molecule has 0 bridgehead atoms. The molecule has 5 rings (SSSR count). The van der Waals surface area contributed by atoms with Crippen molar-refractivity contribution >= 4 is 32.9 Å². The van der Waals surface area contributed by atoms with E-state index in [1.165, 1.54) is 0 Å². The summed E-state index contributed by atoms with van der Waals surface area (Å²) in [6.45, 7) is 2.49. The Morgan fingerprint density at radius 2 is 1.83 bits per heavy atom. The van der Waals surface area contributed by atoms with Crippen LogP contribution in [0.3, 0.4) is 0 Å². The number of pyridine rings is 2. The lowest BCUT2D eigenvalue weighted by molar-refractivity contribution is 0.0919. The Morgan fingerprint density at radius 3 is 2.53 bits per heavy atom. The van der Waals surface area contributed by atoms with Gasteiger partial charge in [-0.2, -0.15) is 0 Å². The van der Waals surface area contributed by atoms with Crippen LogP contribution >= 0.6 is 15.9 Å². The minimum atomic E-state index is -0.0860. The van der Waals surface area contributed by atoms with Crippen molar-refractivity contribution in [3.63, 3.8) is 0 Å². The standard InChI is InChI=1S/C27H28BrN5O3/c1-17-22(13-19(28)14-29-17)26(34)31-20-9-7-18(8-10-20)16-32-23-5-3-4-6-24(23)33(27(32)35)21-11-12-25(36-2)30-15-21/h3-6,11-15,18,20H,7-10,16H2,1-2H3,(H,31,34)/t18-,20-. The quantitative estimate of drug-likeness (QED) is 0.378. The number of hydrogen-bond acceptors (Lipinski definition) is 5. The van der Waals surface area contributed by atoms with Crippen molar-refractivity contribution in [1.82, 2.24) is 24.4 Å². The van der Waals surface area contributed by atoms with E-state index in [9.17, 15) is 9.59 Å². The van der Waals surface area contributed by atoms with E-state index in [1.807, 2.05) is 47.9 Å². The van der Waals surface area contributed by atoms with Gasteiger partial charge in [0.1, 0.15) is 0 Å². The number of fused-ring (bicyclic) bond motifs is 1. The number of nitrogens with one attached hydrogen (secondary N) is 1. The molecule has 1 aliphatic carbocycles. The molecule has 1 amide bonds. The van der Waals surface area contributed by atoms with Crippen LogP contribution in [0.2, 0.25) is 0 Å². The van der Waals surface area contributed by atoms with Crippen molar-refractivity contribution < 1.29 is 9.53 Å². The number of nitrogens with zero attached hydrogens (tertiary/aromatic N) is 4. The van der Waals surface area contributed by atoms with Gasteiger partial charge in [-0.1, -0.05) is 12.1 Å². The van der Waals surface area contributed by atoms with E-state index in [1.54, 1.807) is 30.1 Å². The Hall–Kier alpha value is -3.46. The lowest BCUT2D eigenvalue weighted by atomic mass is 9.85. The van der Waals surface area contributed by atoms with E-state index in [2.05, 4.69) is 31.2 Å². The first-order valence-corrected chi connectivity index (χ1v) is 12.9. The fraction of sp³-hybridized carbons (Fsp3) is 0.333. The number of carbonyl (C=O) groups excluding carboxylic acids is 1. The molecule has 1 saturated carbocycles. The summed E-state index contributed by atoms with van der Waals surface area (Å²) in [5, 5.41) is 3.17. The molecule has 0 radical (unpaired) electrons. The van der Waals surface area contributed by atoms with Crippen molar-refractivity contribution in [2.24, 2.45) is 5.92 Å². The average molecular weight is 550 g/mol. The number of ether oxygens (including phenoxy) is 1. The number of benzene rings is 1. The predicted molar refractivity (Wildman–Crippen MR) is 142 cm³/mol. The third kappa shape index (κ3) is 4.80. The number of aryl methyl sites for hydroxylation is 1. The van der Waals surface area contributed by atoms with Gasteiger partial charge in [-0.15, -0.1) is 0 Å². The molecule has 0 unspecified atom stereocenters. The van der Waals surface area contributed by atoms with Crippen LogP contribution in [0.5, 0.6) is 5.88 Å². The average Bonchev–Trinajstić information content (AvgIpc) is 3.17. The van der Waals surface area contributed by atoms with Crippen LogP contribution in [0.25, 0.3) is 16.7 Å². The second kappa shape index (κ2) is 10.3. The molecule has 1 fully saturated rings. The van der Waals surface area contributed by atoms with Gasteiger partial charge in [0.05, 0.1) is 41.3 Å². The Bertz CT molecular complexity index is 1450. The second-order valence-corrected chi connectivity index (χ2v) is 10.2. The van der Waals surface area contributed by atoms with Crippen molar-refractivity contribution in [1.29, 1.82) is 0 Å². The van der Waals surface area contributed by atoms with Crippen LogP contribution in [0.15, 0.2) is 64.1 Å². The van der Waals surface area contributed by atoms with Crippen LogP contribution < -0.4 is 15.7 Å². The van der Waals surface area contributed by atoms with Gasteiger partial charge in [0.2, 0.25) is 5.88 Å². The van der Waals surface area contributed by atoms with Crippen molar-refractivity contribution in [2.45, 2.75) is 45.2 Å². The summed E-state index contributed by atoms with van der Waals surface area (Å²) in [4.78, 5) is 34.9. The number of rotatable bonds is 6. The third-order valence-electron chi connectivity index (χ3n) is 6.94. The van der Waals surface area contributed by atoms with E-state index in [0.29, 0.717) is 35.3 Å². The number of halogens is 1. The maximum absolute atomic E-state index is 13.5. The van der Waals surface area contributed by atoms with E-state index < -0.39 is 0 Å². The normalized spacial score (nSPS) is 17.8. The summed E-state index contributed by atoms with van der Waals surface area (Å²) in [6.07, 6.45) is 7.00. The maximum atomic E-state index is 13.5. The molecule has 0 aliphatic heterocycles. The molecule has 1 aromatic carbocycles. The lowest BCUT2D eigenvalue weighted by Crippen LogP contribution is -2.39. The zero-order chi connectivity index (χ0) is 25.2. The monoisotopic (exact) mass is 549 g/mol. The molecule has 3 aromatic heterocycles. The van der Waals surface area contributed by atoms with Gasteiger partial charge in [-0.05, 0) is 78.7 Å². The van der Waals surface area contributed by atoms with Gasteiger partial charge in [0, 0.05) is 29.3 Å². The van der Waals surface area contributed by atoms with Crippen molar-refractivity contribution in [3.8, 4) is 11.6 Å². The molecule has 186 valence electrons. The molecular formula is C27H28BrN5O3. The Balaban J connectivity index is 1.30. The molecule has 8 nitrogen and oxygen atoms in total. The van der Waals surface area contributed by atoms with Gasteiger partial charge in [-0.25, -0.2) is 9.78 Å². The summed E-state index contributed by atoms with van der Waals surface area (Å²) < 4.78 is 9.54. The molecule has 3 heterocycles. The molecule has 1 aliphatic rings. The number of aromatic nitrogens is 4. The van der Waals surface area contributed by atoms with Gasteiger partial charge in [-0.3, -0.25) is 18.9 Å². The molecule has 0 atom stereocenters. The summed E-state index contributed by atoms with van der Waals surface area (Å²) in [7, 11) is 1.57. The maximum Gasteiger partial charge on any atom is 0.333 e. The van der Waals surface area contributed by atoms with E-state index in [0.717, 1.165) is 41.2 Å². The minimum Gasteiger partial charge on any atom is -0.481 e. The smallest absolute Gasteiger partial charge is 0.333 e. The molecule has 0 spiro atoms. The lowest BCUT2D eigenvalue weighted by Gasteiger charge is -2.29. The SMILES string of the molecule is COc1ccc(-n2c(=O)n(C[C@H]3CC[C@H](NC(=O)c4cc(Br)cnc4C)CC3)c3ccccc32)cn1. The third-order valence-corrected chi connectivity index (χ3v) is 7.38. The van der Waals surface area contributed by atoms with Crippen LogP contribution in [-0.2, 0) is 6.54 Å². The number of para-hydroxylation sites is 2. The number of methoxy groups -OCH3 is 1. The van der Waals surface area contributed by atoms with Crippen LogP contribution in [0.4, 0.5) is 0 Å². The highest BCUT2D eigenvalue weighted by Crippen LogP contribution is 2.28. The van der Waals surface area contributed by atoms with Gasteiger partial charge in [0.15, 0.2) is 0 Å². The Labute approximate surface area is 217 Å². The highest BCUT2D eigenvalue weighted by atomic mass is 79.9. The summed E-state index contributed by atoms with van der Waals surface area (Å²) in [5.74, 6) is 0.779. The van der Waals surface area contributed by atoms with Crippen LogP contribution in [0, 0.1) is 12.8 Å². The predicted octanol–water partition coefficient (Wildman–Crippen LogP) is 4.65. The van der Waals surface area contributed by atoms with Gasteiger partial charge < -0.3 is 10.1 Å². The molecule has 0 saturated heterocycles. The zero-order valence-electron chi connectivity index (χ0n) is 20.3. The molecule has 9 heteroatoms. The number of amides is 1. The van der Waals surface area contributed by atoms with Crippen LogP contribution in [-0.4, -0.2) is 38.2 Å². The molecular weight excluding hydrogens is 522 g/mol. The van der Waals surface area contributed by atoms with E-state index in [-0.39, 0.29) is 17.6 Å². The Morgan fingerprint density at radius 1 is 1.08 bits per heavy atom. The minimum absolute atomic E-state index is 0.0729. The van der Waals surface area contributed by atoms with Crippen LogP contribution in [0.1, 0.15) is 41.7 Å². The molecule has 36 heavy (non-hydrogen) atoms. The summed E-state index contributed by atoms with van der Waals surface area (Å²) >= 11 is 3.39. The summed E-state index contributed by atoms with van der Waals surface area (Å²) in [5.41, 5.74) is 3.71. The second-order valence-electron chi connectivity index (χ2n) is 9.25. The first kappa shape index (κ1) is 24.2. The van der Waals surface area contributed by atoms with E-state index in [4.69, 9.17) is 4.74 Å². The van der Waals surface area contributed by atoms with Crippen molar-refractivity contribution in [3.05, 3.63) is 81.1 Å². The highest BCUT2D eigenvalue weighted by molar-refractivity contribution is 9.10. The fourth-order valence-corrected chi connectivity index (χ4v) is 5.34. The number of imidazole rings is 1. The van der Waals surface area contributed by atoms with Gasteiger partial charge >= 0.3 is 5.69 Å². The fourth-order valence-electron chi connectivity index (χ4n) is 5.01. The first-order chi connectivity index (χ1) is 17.4. The topological polar surface area (TPSA) is 91.0 Å². The molecule has 1 N–H and O–H groups in total. The largest absolute Gasteiger partial charge is 0.481 e. The van der Waals surface area contributed by atoms with Crippen molar-refractivity contribution in [2.75, 3.05) is 7.11 Å². The molecule has 4 aromatic rings. The van der Waals surface area contributed by atoms with E-state index >= 15 is 0 Å². The summed E-state index contributed by atoms with van der Waals surface area (Å²) in [6, 6.07) is 13.4.